The van der Waals surface area contributed by atoms with Crippen LogP contribution in [-0.2, 0) is 4.79 Å². The van der Waals surface area contributed by atoms with Gasteiger partial charge >= 0.3 is 5.97 Å². The highest BCUT2D eigenvalue weighted by atomic mass is 16.5. The Balaban J connectivity index is 2.44. The van der Waals surface area contributed by atoms with Gasteiger partial charge in [-0.3, -0.25) is 4.79 Å². The summed E-state index contributed by atoms with van der Waals surface area (Å²) in [5, 5.41) is 15.8. The molecule has 1 atom stereocenters. The summed E-state index contributed by atoms with van der Waals surface area (Å²) in [4.78, 5) is 27.4. The molecule has 2 rings (SSSR count). The molecular formula is C13H15N3O4. The summed E-state index contributed by atoms with van der Waals surface area (Å²) in [6.07, 6.45) is 0.302. The molecule has 7 heteroatoms. The van der Waals surface area contributed by atoms with Crippen molar-refractivity contribution in [2.75, 3.05) is 0 Å². The topological polar surface area (TPSA) is 105 Å². The fourth-order valence-corrected chi connectivity index (χ4v) is 1.97. The smallest absolute Gasteiger partial charge is 0.326 e. The van der Waals surface area contributed by atoms with Gasteiger partial charge in [0.1, 0.15) is 6.04 Å². The van der Waals surface area contributed by atoms with E-state index >= 15 is 0 Å². The fraction of sp³-hybridized carbons (Fsp3) is 0.385. The van der Waals surface area contributed by atoms with E-state index in [2.05, 4.69) is 15.5 Å². The zero-order valence-electron chi connectivity index (χ0n) is 11.4. The lowest BCUT2D eigenvalue weighted by atomic mass is 10.1. The maximum atomic E-state index is 12.3. The van der Waals surface area contributed by atoms with E-state index in [4.69, 9.17) is 9.63 Å². The minimum absolute atomic E-state index is 0.274. The molecule has 0 saturated heterocycles. The first-order chi connectivity index (χ1) is 9.43. The molecule has 2 heterocycles. The number of aryl methyl sites for hydroxylation is 2. The number of carbonyl (C=O) groups is 2. The molecule has 0 saturated carbocycles. The number of hydrogen-bond donors (Lipinski definition) is 2. The van der Waals surface area contributed by atoms with Crippen molar-refractivity contribution in [1.29, 1.82) is 0 Å². The lowest BCUT2D eigenvalue weighted by Crippen LogP contribution is -2.40. The van der Waals surface area contributed by atoms with E-state index in [0.717, 1.165) is 0 Å². The standard InChI is InChI=1S/C13H15N3O4/c1-4-9(13(18)19)15-11(17)8-5-6(2)14-12-10(8)7(3)16-20-12/h5,9H,4H2,1-3H3,(H,15,17)(H,18,19)/t9-/m0/s1. The van der Waals surface area contributed by atoms with Crippen molar-refractivity contribution in [3.05, 3.63) is 23.0 Å². The van der Waals surface area contributed by atoms with Crippen molar-refractivity contribution in [3.8, 4) is 0 Å². The third kappa shape index (κ3) is 2.47. The minimum Gasteiger partial charge on any atom is -0.480 e. The van der Waals surface area contributed by atoms with E-state index in [9.17, 15) is 9.59 Å². The zero-order chi connectivity index (χ0) is 14.9. The second-order valence-corrected chi connectivity index (χ2v) is 4.53. The Labute approximate surface area is 115 Å². The third-order valence-corrected chi connectivity index (χ3v) is 3.00. The summed E-state index contributed by atoms with van der Waals surface area (Å²) in [6, 6.07) is 0.669. The van der Waals surface area contributed by atoms with Crippen molar-refractivity contribution >= 4 is 23.0 Å². The number of fused-ring (bicyclic) bond motifs is 1. The van der Waals surface area contributed by atoms with Crippen LogP contribution in [0, 0.1) is 13.8 Å². The second kappa shape index (κ2) is 5.28. The van der Waals surface area contributed by atoms with Crippen LogP contribution >= 0.6 is 0 Å². The molecule has 0 aromatic carbocycles. The highest BCUT2D eigenvalue weighted by molar-refractivity contribution is 6.07. The first-order valence-corrected chi connectivity index (χ1v) is 6.21. The third-order valence-electron chi connectivity index (χ3n) is 3.00. The van der Waals surface area contributed by atoms with Crippen LogP contribution in [0.2, 0.25) is 0 Å². The molecule has 0 bridgehead atoms. The Morgan fingerprint density at radius 1 is 1.45 bits per heavy atom. The number of carboxylic acids is 1. The van der Waals surface area contributed by atoms with Crippen molar-refractivity contribution in [2.24, 2.45) is 0 Å². The average Bonchev–Trinajstić information content (AvgIpc) is 2.75. The Hall–Kier alpha value is -2.44. The Morgan fingerprint density at radius 2 is 2.15 bits per heavy atom. The molecule has 0 aliphatic carbocycles. The normalized spacial score (nSPS) is 12.3. The van der Waals surface area contributed by atoms with Gasteiger partial charge in [-0.15, -0.1) is 0 Å². The molecule has 0 radical (unpaired) electrons. The number of nitrogens with one attached hydrogen (secondary N) is 1. The number of carbonyl (C=O) groups excluding carboxylic acids is 1. The highest BCUT2D eigenvalue weighted by Crippen LogP contribution is 2.21. The van der Waals surface area contributed by atoms with Gasteiger partial charge in [-0.2, -0.15) is 0 Å². The number of carboxylic acid groups (broad SMARTS) is 1. The quantitative estimate of drug-likeness (QED) is 0.875. The second-order valence-electron chi connectivity index (χ2n) is 4.53. The highest BCUT2D eigenvalue weighted by Gasteiger charge is 2.22. The van der Waals surface area contributed by atoms with Gasteiger partial charge in [-0.05, 0) is 26.3 Å². The maximum Gasteiger partial charge on any atom is 0.326 e. The molecule has 2 aromatic rings. The summed E-state index contributed by atoms with van der Waals surface area (Å²) < 4.78 is 5.04. The van der Waals surface area contributed by atoms with E-state index in [-0.39, 0.29) is 5.71 Å². The van der Waals surface area contributed by atoms with Crippen molar-refractivity contribution in [1.82, 2.24) is 15.5 Å². The number of aliphatic carboxylic acids is 1. The van der Waals surface area contributed by atoms with Gasteiger partial charge in [0.05, 0.1) is 16.6 Å². The van der Waals surface area contributed by atoms with Gasteiger partial charge in [-0.1, -0.05) is 12.1 Å². The van der Waals surface area contributed by atoms with Crippen LogP contribution in [-0.4, -0.2) is 33.2 Å². The summed E-state index contributed by atoms with van der Waals surface area (Å²) in [5.74, 6) is -1.54. The Morgan fingerprint density at radius 3 is 2.75 bits per heavy atom. The minimum atomic E-state index is -1.06. The summed E-state index contributed by atoms with van der Waals surface area (Å²) in [6.45, 7) is 5.12. The van der Waals surface area contributed by atoms with Crippen LogP contribution in [0.1, 0.15) is 35.1 Å². The largest absolute Gasteiger partial charge is 0.480 e. The predicted molar refractivity (Wildman–Crippen MR) is 70.5 cm³/mol. The molecule has 7 nitrogen and oxygen atoms in total. The molecule has 20 heavy (non-hydrogen) atoms. The molecule has 106 valence electrons. The Kier molecular flexibility index (Phi) is 3.69. The van der Waals surface area contributed by atoms with E-state index in [0.29, 0.717) is 28.8 Å². The molecule has 0 aliphatic heterocycles. The lowest BCUT2D eigenvalue weighted by Gasteiger charge is -2.12. The maximum absolute atomic E-state index is 12.3. The fourth-order valence-electron chi connectivity index (χ4n) is 1.97. The van der Waals surface area contributed by atoms with Gasteiger partial charge in [0.25, 0.3) is 11.6 Å². The molecule has 2 aromatic heterocycles. The van der Waals surface area contributed by atoms with E-state index < -0.39 is 17.9 Å². The van der Waals surface area contributed by atoms with Gasteiger partial charge < -0.3 is 14.9 Å². The van der Waals surface area contributed by atoms with Crippen molar-refractivity contribution < 1.29 is 19.2 Å². The summed E-state index contributed by atoms with van der Waals surface area (Å²) >= 11 is 0. The van der Waals surface area contributed by atoms with Crippen molar-refractivity contribution in [2.45, 2.75) is 33.2 Å². The van der Waals surface area contributed by atoms with Crippen LogP contribution in [0.25, 0.3) is 11.1 Å². The molecule has 0 spiro atoms. The molecule has 0 unspecified atom stereocenters. The van der Waals surface area contributed by atoms with Crippen LogP contribution in [0.4, 0.5) is 0 Å². The Bertz CT molecular complexity index is 678. The van der Waals surface area contributed by atoms with E-state index in [1.165, 1.54) is 0 Å². The van der Waals surface area contributed by atoms with Crippen LogP contribution in [0.3, 0.4) is 0 Å². The van der Waals surface area contributed by atoms with Gasteiger partial charge in [-0.25, -0.2) is 9.78 Å². The van der Waals surface area contributed by atoms with Crippen LogP contribution < -0.4 is 5.32 Å². The first kappa shape index (κ1) is 14.0. The monoisotopic (exact) mass is 277 g/mol. The SMILES string of the molecule is CC[C@H](NC(=O)c1cc(C)nc2onc(C)c12)C(=O)O. The first-order valence-electron chi connectivity index (χ1n) is 6.21. The molecule has 1 amide bonds. The predicted octanol–water partition coefficient (Wildman–Crippen LogP) is 1.43. The molecule has 0 aliphatic rings. The van der Waals surface area contributed by atoms with Gasteiger partial charge in [0, 0.05) is 5.69 Å². The zero-order valence-corrected chi connectivity index (χ0v) is 11.4. The summed E-state index contributed by atoms with van der Waals surface area (Å²) in [7, 11) is 0. The number of nitrogens with zero attached hydrogens (tertiary/aromatic N) is 2. The van der Waals surface area contributed by atoms with Crippen molar-refractivity contribution in [3.63, 3.8) is 0 Å². The number of rotatable bonds is 4. The average molecular weight is 277 g/mol. The number of amides is 1. The van der Waals surface area contributed by atoms with E-state index in [1.807, 2.05) is 0 Å². The number of pyridine rings is 1. The van der Waals surface area contributed by atoms with Crippen LogP contribution in [0.15, 0.2) is 10.6 Å². The molecular weight excluding hydrogens is 262 g/mol. The molecule has 0 fully saturated rings. The summed E-state index contributed by atoms with van der Waals surface area (Å²) in [5.41, 5.74) is 1.74. The number of hydrogen-bond acceptors (Lipinski definition) is 5. The number of aromatic nitrogens is 2. The lowest BCUT2D eigenvalue weighted by molar-refractivity contribution is -0.139. The van der Waals surface area contributed by atoms with Gasteiger partial charge in [0.15, 0.2) is 0 Å². The van der Waals surface area contributed by atoms with Gasteiger partial charge in [0.2, 0.25) is 0 Å². The van der Waals surface area contributed by atoms with Crippen LogP contribution in [0.5, 0.6) is 0 Å². The molecule has 2 N–H and O–H groups in total. The van der Waals surface area contributed by atoms with E-state index in [1.54, 1.807) is 26.8 Å².